The first-order chi connectivity index (χ1) is 25.7. The molecule has 18 heteroatoms. The molecule has 0 bridgehead atoms. The van der Waals surface area contributed by atoms with Gasteiger partial charge in [0.2, 0.25) is 11.8 Å². The molecule has 5 aromatic rings. The van der Waals surface area contributed by atoms with Gasteiger partial charge < -0.3 is 29.7 Å². The van der Waals surface area contributed by atoms with Crippen molar-refractivity contribution in [3.05, 3.63) is 60.6 Å². The molecule has 1 fully saturated rings. The van der Waals surface area contributed by atoms with Gasteiger partial charge in [-0.05, 0) is 27.7 Å². The van der Waals surface area contributed by atoms with Crippen molar-refractivity contribution in [3.8, 4) is 23.1 Å². The van der Waals surface area contributed by atoms with Crippen LogP contribution in [-0.4, -0.2) is 118 Å². The minimum absolute atomic E-state index is 0. The number of likely N-dealkylation sites (N-methyl/N-ethyl adjacent to an activating group) is 1. The number of aromatic nitrogens is 8. The molecule has 4 N–H and O–H groups in total. The number of ether oxygens (including phenoxy) is 3. The zero-order valence-corrected chi connectivity index (χ0v) is 33.0. The number of nitrogens with zero attached hydrogens (tertiary/aromatic N) is 9. The highest BCUT2D eigenvalue weighted by Gasteiger charge is 2.35. The van der Waals surface area contributed by atoms with Gasteiger partial charge in [-0.1, -0.05) is 13.8 Å². The van der Waals surface area contributed by atoms with E-state index in [1.165, 1.54) is 18.8 Å². The molecule has 1 aliphatic heterocycles. The van der Waals surface area contributed by atoms with Gasteiger partial charge >= 0.3 is 0 Å². The maximum absolute atomic E-state index is 11.6. The summed E-state index contributed by atoms with van der Waals surface area (Å²) in [5.41, 5.74) is 9.61. The number of nitrogens with one attached hydrogen (secondary N) is 2. The minimum Gasteiger partial charge on any atom is -0.475 e. The summed E-state index contributed by atoms with van der Waals surface area (Å²) in [4.78, 5) is 29.3. The van der Waals surface area contributed by atoms with Crippen molar-refractivity contribution in [1.82, 2.24) is 40.1 Å². The summed E-state index contributed by atoms with van der Waals surface area (Å²) in [5, 5.41) is 16.4. The standard InChI is InChI=1S/C17H22N6O3S.C17H22N6O2.C2H6.2H2/c1-10(2)26-16-4-12(13(18)6-20-16)17(19)14-5-15(22-9-21-14)23-7-11(8-23)27(3,24)25;1-11(2)25-16-7-12-14(9-18-16)21-22-17(12)13-8-15(20-10-19-13)23(3)5-6-24-4;1-2;;/h4-6,9-11,19H,7-8,18H2,1-3H3;7-11H,5-6H2,1-4H3,(H,21,22);1-2H3;2*1H. The number of H-pyrrole nitrogens is 1. The predicted octanol–water partition coefficient (Wildman–Crippen LogP) is 4.69. The number of hydrogen-bond donors (Lipinski definition) is 3. The van der Waals surface area contributed by atoms with Crippen LogP contribution in [0.5, 0.6) is 11.8 Å². The van der Waals surface area contributed by atoms with Gasteiger partial charge in [-0.15, -0.1) is 0 Å². The zero-order chi connectivity index (χ0) is 39.6. The van der Waals surface area contributed by atoms with Gasteiger partial charge in [0.25, 0.3) is 0 Å². The molecular weight excluding hydrogens is 713 g/mol. The quantitative estimate of drug-likeness (QED) is 0.138. The largest absolute Gasteiger partial charge is 0.475 e. The zero-order valence-electron chi connectivity index (χ0n) is 32.2. The van der Waals surface area contributed by atoms with Gasteiger partial charge in [0, 0.05) is 78.1 Å². The lowest BCUT2D eigenvalue weighted by molar-refractivity contribution is 0.206. The van der Waals surface area contributed by atoms with E-state index in [0.717, 1.165) is 34.7 Å². The molecular formula is C36H54N12O5S. The van der Waals surface area contributed by atoms with Crippen molar-refractivity contribution < 1.29 is 25.5 Å². The number of nitrogens with two attached hydrogens (primary N) is 1. The molecule has 5 aromatic heterocycles. The second-order valence-electron chi connectivity index (χ2n) is 12.8. The van der Waals surface area contributed by atoms with E-state index in [2.05, 4.69) is 40.1 Å². The van der Waals surface area contributed by atoms with E-state index in [1.54, 1.807) is 31.8 Å². The van der Waals surface area contributed by atoms with Crippen LogP contribution in [0.3, 0.4) is 0 Å². The lowest BCUT2D eigenvalue weighted by Crippen LogP contribution is -2.54. The van der Waals surface area contributed by atoms with Gasteiger partial charge in [0.1, 0.15) is 30.0 Å². The summed E-state index contributed by atoms with van der Waals surface area (Å²) in [6.45, 7) is 13.8. The number of anilines is 3. The second kappa shape index (κ2) is 18.5. The molecule has 0 spiro atoms. The van der Waals surface area contributed by atoms with Crippen LogP contribution in [0.1, 0.15) is 55.7 Å². The van der Waals surface area contributed by atoms with Crippen molar-refractivity contribution >= 4 is 43.8 Å². The average Bonchev–Trinajstić information content (AvgIpc) is 3.54. The van der Waals surface area contributed by atoms with Crippen molar-refractivity contribution in [2.45, 2.75) is 59.0 Å². The van der Waals surface area contributed by atoms with Crippen molar-refractivity contribution in [1.29, 1.82) is 5.41 Å². The molecule has 0 radical (unpaired) electrons. The number of fused-ring (bicyclic) bond motifs is 1. The van der Waals surface area contributed by atoms with Crippen molar-refractivity contribution in [3.63, 3.8) is 0 Å². The summed E-state index contributed by atoms with van der Waals surface area (Å²) in [6.07, 6.45) is 7.31. The molecule has 6 rings (SSSR count). The summed E-state index contributed by atoms with van der Waals surface area (Å²) in [6, 6.07) is 7.06. The van der Waals surface area contributed by atoms with Crippen LogP contribution >= 0.6 is 0 Å². The first-order valence-electron chi connectivity index (χ1n) is 17.5. The van der Waals surface area contributed by atoms with E-state index in [9.17, 15) is 8.42 Å². The molecule has 294 valence electrons. The monoisotopic (exact) mass is 766 g/mol. The van der Waals surface area contributed by atoms with Gasteiger partial charge in [-0.2, -0.15) is 5.10 Å². The lowest BCUT2D eigenvalue weighted by Gasteiger charge is -2.38. The number of sulfone groups is 1. The smallest absolute Gasteiger partial charge is 0.214 e. The van der Waals surface area contributed by atoms with Gasteiger partial charge in [-0.25, -0.2) is 38.3 Å². The lowest BCUT2D eigenvalue weighted by atomic mass is 10.1. The summed E-state index contributed by atoms with van der Waals surface area (Å²) in [7, 11) is 0.584. The van der Waals surface area contributed by atoms with Gasteiger partial charge in [-0.3, -0.25) is 10.5 Å². The molecule has 0 aromatic carbocycles. The third kappa shape index (κ3) is 10.6. The topological polar surface area (TPSA) is 224 Å². The van der Waals surface area contributed by atoms with Crippen LogP contribution in [0.4, 0.5) is 17.3 Å². The number of rotatable bonds is 13. The molecule has 6 heterocycles. The second-order valence-corrected chi connectivity index (χ2v) is 15.1. The van der Waals surface area contributed by atoms with E-state index in [0.29, 0.717) is 54.2 Å². The van der Waals surface area contributed by atoms with E-state index in [1.807, 2.05) is 70.5 Å². The van der Waals surface area contributed by atoms with Crippen LogP contribution in [-0.2, 0) is 14.6 Å². The molecule has 0 unspecified atom stereocenters. The molecule has 0 aliphatic carbocycles. The average molecular weight is 767 g/mol. The van der Waals surface area contributed by atoms with Crippen LogP contribution < -0.4 is 25.0 Å². The van der Waals surface area contributed by atoms with Crippen molar-refractivity contribution in [2.75, 3.05) is 62.2 Å². The third-order valence-electron chi connectivity index (χ3n) is 7.92. The molecule has 17 nitrogen and oxygen atoms in total. The Morgan fingerprint density at radius 2 is 1.63 bits per heavy atom. The summed E-state index contributed by atoms with van der Waals surface area (Å²) >= 11 is 0. The fourth-order valence-electron chi connectivity index (χ4n) is 5.09. The van der Waals surface area contributed by atoms with E-state index < -0.39 is 9.84 Å². The Morgan fingerprint density at radius 3 is 2.28 bits per heavy atom. The summed E-state index contributed by atoms with van der Waals surface area (Å²) in [5.74, 6) is 2.34. The SMILES string of the molecule is CC.CC(C)Oc1cc(C(=N)c2cc(N3CC(S(C)(=O)=O)C3)ncn2)c(N)cn1.COCCN(C)c1cc(-c2n[nH]c3cnc(OC(C)C)cc23)ncn1.[HH].[HH]. The number of aromatic amines is 1. The Hall–Kier alpha value is -5.49. The molecule has 0 atom stereocenters. The molecule has 1 aliphatic rings. The Kier molecular flexibility index (Phi) is 14.1. The highest BCUT2D eigenvalue weighted by Crippen LogP contribution is 2.29. The molecule has 1 saturated heterocycles. The maximum Gasteiger partial charge on any atom is 0.214 e. The van der Waals surface area contributed by atoms with Crippen molar-refractivity contribution in [2.24, 2.45) is 0 Å². The predicted molar refractivity (Wildman–Crippen MR) is 215 cm³/mol. The van der Waals surface area contributed by atoms with E-state index >= 15 is 0 Å². The number of hydrogen-bond acceptors (Lipinski definition) is 16. The van der Waals surface area contributed by atoms with Crippen LogP contribution in [0.15, 0.2) is 49.3 Å². The normalized spacial score (nSPS) is 12.8. The third-order valence-corrected chi connectivity index (χ3v) is 9.43. The van der Waals surface area contributed by atoms with Crippen LogP contribution in [0.25, 0.3) is 22.3 Å². The fourth-order valence-corrected chi connectivity index (χ4v) is 5.99. The van der Waals surface area contributed by atoms with E-state index in [-0.39, 0.29) is 26.0 Å². The van der Waals surface area contributed by atoms with Gasteiger partial charge in [0.05, 0.1) is 64.8 Å². The Bertz CT molecular complexity index is 2130. The molecule has 0 saturated carbocycles. The molecule has 0 amide bonds. The van der Waals surface area contributed by atoms with Crippen LogP contribution in [0, 0.1) is 5.41 Å². The summed E-state index contributed by atoms with van der Waals surface area (Å²) < 4.78 is 39.5. The number of pyridine rings is 2. The maximum atomic E-state index is 11.6. The first kappa shape index (κ1) is 41.3. The first-order valence-corrected chi connectivity index (χ1v) is 19.5. The molecule has 54 heavy (non-hydrogen) atoms. The fraction of sp³-hybridized carbons (Fsp3) is 0.444. The number of nitrogen functional groups attached to an aromatic ring is 1. The Morgan fingerprint density at radius 1 is 0.981 bits per heavy atom. The van der Waals surface area contributed by atoms with Gasteiger partial charge in [0.15, 0.2) is 9.84 Å². The highest BCUT2D eigenvalue weighted by atomic mass is 32.2. The Balaban J connectivity index is 0.000000359. The number of methoxy groups -OCH3 is 1. The highest BCUT2D eigenvalue weighted by molar-refractivity contribution is 7.91. The van der Waals surface area contributed by atoms with E-state index in [4.69, 9.17) is 25.4 Å². The minimum atomic E-state index is -3.06. The van der Waals surface area contributed by atoms with Crippen LogP contribution in [0.2, 0.25) is 0 Å². The Labute approximate surface area is 319 Å².